The number of anilines is 1. The topological polar surface area (TPSA) is 58.6 Å². The molecule has 4 heteroatoms. The molecule has 0 aliphatic heterocycles. The molecule has 0 saturated heterocycles. The lowest BCUT2D eigenvalue weighted by molar-refractivity contribution is -0.139. The molecule has 1 fully saturated rings. The van der Waals surface area contributed by atoms with Crippen LogP contribution in [0.1, 0.15) is 19.8 Å². The number of hydrogen-bond donors (Lipinski definition) is 2. The SMILES string of the molecule is COc1ccc(NC(C(=O)O)C(C)C2CC2)cc1. The van der Waals surface area contributed by atoms with Crippen molar-refractivity contribution in [2.24, 2.45) is 11.8 Å². The zero-order chi connectivity index (χ0) is 13.1. The number of carboxylic acids is 1. The van der Waals surface area contributed by atoms with E-state index in [0.717, 1.165) is 24.3 Å². The van der Waals surface area contributed by atoms with E-state index >= 15 is 0 Å². The largest absolute Gasteiger partial charge is 0.497 e. The first-order valence-corrected chi connectivity index (χ1v) is 6.25. The van der Waals surface area contributed by atoms with Gasteiger partial charge >= 0.3 is 5.97 Å². The van der Waals surface area contributed by atoms with Crippen LogP contribution in [0.2, 0.25) is 0 Å². The Labute approximate surface area is 107 Å². The summed E-state index contributed by atoms with van der Waals surface area (Å²) in [7, 11) is 1.61. The summed E-state index contributed by atoms with van der Waals surface area (Å²) in [6, 6.07) is 6.81. The zero-order valence-electron chi connectivity index (χ0n) is 10.7. The van der Waals surface area contributed by atoms with Gasteiger partial charge in [0.25, 0.3) is 0 Å². The van der Waals surface area contributed by atoms with Crippen LogP contribution in [-0.4, -0.2) is 24.2 Å². The molecule has 0 aromatic heterocycles. The average molecular weight is 249 g/mol. The van der Waals surface area contributed by atoms with E-state index in [1.165, 1.54) is 0 Å². The number of rotatable bonds is 6. The van der Waals surface area contributed by atoms with E-state index < -0.39 is 12.0 Å². The summed E-state index contributed by atoms with van der Waals surface area (Å²) in [6.45, 7) is 2.01. The van der Waals surface area contributed by atoms with E-state index in [2.05, 4.69) is 5.32 Å². The van der Waals surface area contributed by atoms with Crippen molar-refractivity contribution in [2.45, 2.75) is 25.8 Å². The summed E-state index contributed by atoms with van der Waals surface area (Å²) in [5.41, 5.74) is 0.815. The summed E-state index contributed by atoms with van der Waals surface area (Å²) in [4.78, 5) is 11.3. The van der Waals surface area contributed by atoms with Gasteiger partial charge in [-0.05, 0) is 48.9 Å². The maximum absolute atomic E-state index is 11.3. The van der Waals surface area contributed by atoms with Crippen LogP contribution in [0.4, 0.5) is 5.69 Å². The molecule has 1 aromatic rings. The van der Waals surface area contributed by atoms with E-state index in [1.54, 1.807) is 7.11 Å². The van der Waals surface area contributed by atoms with Crippen LogP contribution in [-0.2, 0) is 4.79 Å². The van der Waals surface area contributed by atoms with Crippen LogP contribution >= 0.6 is 0 Å². The quantitative estimate of drug-likeness (QED) is 0.813. The third-order valence-corrected chi connectivity index (χ3v) is 3.57. The molecule has 0 amide bonds. The molecule has 1 aromatic carbocycles. The summed E-state index contributed by atoms with van der Waals surface area (Å²) in [5.74, 6) is 0.689. The lowest BCUT2D eigenvalue weighted by Crippen LogP contribution is -2.36. The van der Waals surface area contributed by atoms with Crippen LogP contribution in [0.3, 0.4) is 0 Å². The minimum atomic E-state index is -0.787. The summed E-state index contributed by atoms with van der Waals surface area (Å²) in [6.07, 6.45) is 2.30. The highest BCUT2D eigenvalue weighted by Crippen LogP contribution is 2.39. The maximum Gasteiger partial charge on any atom is 0.326 e. The van der Waals surface area contributed by atoms with Crippen LogP contribution in [0.5, 0.6) is 5.75 Å². The van der Waals surface area contributed by atoms with Gasteiger partial charge in [0.2, 0.25) is 0 Å². The first-order chi connectivity index (χ1) is 8.61. The smallest absolute Gasteiger partial charge is 0.326 e. The average Bonchev–Trinajstić information content (AvgIpc) is 3.19. The van der Waals surface area contributed by atoms with Gasteiger partial charge in [0.1, 0.15) is 11.8 Å². The fourth-order valence-electron chi connectivity index (χ4n) is 2.18. The standard InChI is InChI=1S/C14H19NO3/c1-9(10-3-4-10)13(14(16)17)15-11-5-7-12(18-2)8-6-11/h5-10,13,15H,3-4H2,1-2H3,(H,16,17). The number of benzene rings is 1. The van der Waals surface area contributed by atoms with Gasteiger partial charge in [0, 0.05) is 5.69 Å². The molecular formula is C14H19NO3. The Bertz CT molecular complexity index is 412. The van der Waals surface area contributed by atoms with Crippen molar-refractivity contribution in [3.63, 3.8) is 0 Å². The molecule has 4 nitrogen and oxygen atoms in total. The van der Waals surface area contributed by atoms with E-state index in [9.17, 15) is 9.90 Å². The molecule has 1 saturated carbocycles. The number of carbonyl (C=O) groups is 1. The Hall–Kier alpha value is -1.71. The molecule has 0 spiro atoms. The predicted molar refractivity (Wildman–Crippen MR) is 69.9 cm³/mol. The molecule has 0 bridgehead atoms. The zero-order valence-corrected chi connectivity index (χ0v) is 10.7. The highest BCUT2D eigenvalue weighted by Gasteiger charge is 2.36. The third-order valence-electron chi connectivity index (χ3n) is 3.57. The number of methoxy groups -OCH3 is 1. The van der Waals surface area contributed by atoms with E-state index in [1.807, 2.05) is 31.2 Å². The molecule has 0 heterocycles. The molecule has 18 heavy (non-hydrogen) atoms. The summed E-state index contributed by atoms with van der Waals surface area (Å²) >= 11 is 0. The van der Waals surface area contributed by atoms with E-state index in [0.29, 0.717) is 5.92 Å². The Morgan fingerprint density at radius 3 is 2.44 bits per heavy atom. The Balaban J connectivity index is 2.05. The molecule has 0 radical (unpaired) electrons. The van der Waals surface area contributed by atoms with Crippen molar-refractivity contribution in [1.29, 1.82) is 0 Å². The van der Waals surface area contributed by atoms with Crippen molar-refractivity contribution >= 4 is 11.7 Å². The third kappa shape index (κ3) is 2.94. The van der Waals surface area contributed by atoms with Gasteiger partial charge in [-0.25, -0.2) is 4.79 Å². The van der Waals surface area contributed by atoms with Gasteiger partial charge in [-0.3, -0.25) is 0 Å². The van der Waals surface area contributed by atoms with E-state index in [4.69, 9.17) is 4.74 Å². The Morgan fingerprint density at radius 2 is 2.00 bits per heavy atom. The number of hydrogen-bond acceptors (Lipinski definition) is 3. The molecular weight excluding hydrogens is 230 g/mol. The lowest BCUT2D eigenvalue weighted by atomic mass is 9.96. The highest BCUT2D eigenvalue weighted by molar-refractivity contribution is 5.77. The molecule has 2 rings (SSSR count). The number of ether oxygens (including phenoxy) is 1. The first kappa shape index (κ1) is 12.7. The minimum Gasteiger partial charge on any atom is -0.497 e. The van der Waals surface area contributed by atoms with Crippen molar-refractivity contribution in [3.8, 4) is 5.75 Å². The summed E-state index contributed by atoms with van der Waals surface area (Å²) < 4.78 is 5.07. The molecule has 2 N–H and O–H groups in total. The fourth-order valence-corrected chi connectivity index (χ4v) is 2.18. The molecule has 1 aliphatic carbocycles. The van der Waals surface area contributed by atoms with Crippen LogP contribution in [0.15, 0.2) is 24.3 Å². The molecule has 98 valence electrons. The van der Waals surface area contributed by atoms with Crippen LogP contribution in [0.25, 0.3) is 0 Å². The van der Waals surface area contributed by atoms with Gasteiger partial charge < -0.3 is 15.2 Å². The van der Waals surface area contributed by atoms with Gasteiger partial charge in [-0.15, -0.1) is 0 Å². The fraction of sp³-hybridized carbons (Fsp3) is 0.500. The summed E-state index contributed by atoms with van der Waals surface area (Å²) in [5, 5.41) is 12.4. The minimum absolute atomic E-state index is 0.157. The second-order valence-electron chi connectivity index (χ2n) is 4.89. The number of nitrogens with one attached hydrogen (secondary N) is 1. The monoisotopic (exact) mass is 249 g/mol. The molecule has 2 atom stereocenters. The van der Waals surface area contributed by atoms with Crippen molar-refractivity contribution in [1.82, 2.24) is 0 Å². The lowest BCUT2D eigenvalue weighted by Gasteiger charge is -2.22. The second-order valence-corrected chi connectivity index (χ2v) is 4.89. The Morgan fingerprint density at radius 1 is 1.39 bits per heavy atom. The van der Waals surface area contributed by atoms with Crippen molar-refractivity contribution < 1.29 is 14.6 Å². The van der Waals surface area contributed by atoms with Gasteiger partial charge in [0.05, 0.1) is 7.11 Å². The van der Waals surface area contributed by atoms with Gasteiger partial charge in [-0.2, -0.15) is 0 Å². The molecule has 2 unspecified atom stereocenters. The predicted octanol–water partition coefficient (Wildman–Crippen LogP) is 2.61. The van der Waals surface area contributed by atoms with Gasteiger partial charge in [0.15, 0.2) is 0 Å². The van der Waals surface area contributed by atoms with Crippen molar-refractivity contribution in [2.75, 3.05) is 12.4 Å². The van der Waals surface area contributed by atoms with Crippen molar-refractivity contribution in [3.05, 3.63) is 24.3 Å². The molecule has 1 aliphatic rings. The maximum atomic E-state index is 11.3. The normalized spacial score (nSPS) is 17.9. The first-order valence-electron chi connectivity index (χ1n) is 6.25. The van der Waals surface area contributed by atoms with Gasteiger partial charge in [-0.1, -0.05) is 6.92 Å². The van der Waals surface area contributed by atoms with Crippen LogP contribution in [0, 0.1) is 11.8 Å². The highest BCUT2D eigenvalue weighted by atomic mass is 16.5. The second kappa shape index (κ2) is 5.29. The van der Waals surface area contributed by atoms with E-state index in [-0.39, 0.29) is 5.92 Å². The van der Waals surface area contributed by atoms with Crippen LogP contribution < -0.4 is 10.1 Å². The number of carboxylic acid groups (broad SMARTS) is 1. The number of aliphatic carboxylic acids is 1. The Kier molecular flexibility index (Phi) is 3.75.